The first-order valence-electron chi connectivity index (χ1n) is 11.4. The van der Waals surface area contributed by atoms with Crippen molar-refractivity contribution in [2.75, 3.05) is 19.8 Å². The largest absolute Gasteiger partial charge is 0.350 e. The molecule has 0 spiro atoms. The number of likely N-dealkylation sites (N-methyl/N-ethyl adjacent to an activating group) is 1. The van der Waals surface area contributed by atoms with Gasteiger partial charge in [0, 0.05) is 31.6 Å². The molecule has 0 aliphatic rings. The maximum Gasteiger partial charge on any atom is 0.243 e. The van der Waals surface area contributed by atoms with Gasteiger partial charge in [-0.3, -0.25) is 9.59 Å². The van der Waals surface area contributed by atoms with Crippen molar-refractivity contribution in [2.45, 2.75) is 25.6 Å². The fraction of sp³-hybridized carbons (Fsp3) is 0.259. The summed E-state index contributed by atoms with van der Waals surface area (Å²) in [7, 11) is -2.24. The van der Waals surface area contributed by atoms with Crippen LogP contribution in [-0.2, 0) is 39.1 Å². The lowest BCUT2D eigenvalue weighted by molar-refractivity contribution is -0.141. The SMILES string of the molecule is CN(CC(=O)N(Cc1ccccc1)[C@H](Cc1ccccc1)C(=O)NCc1ccc(Cl)cc1)S(C)(=O)=O. The van der Waals surface area contributed by atoms with Crippen LogP contribution in [0.5, 0.6) is 0 Å². The Hall–Kier alpha value is -3.20. The van der Waals surface area contributed by atoms with Crippen LogP contribution in [0.2, 0.25) is 5.02 Å². The molecule has 0 aliphatic heterocycles. The molecule has 1 N–H and O–H groups in total. The number of nitrogens with one attached hydrogen (secondary N) is 1. The van der Waals surface area contributed by atoms with Crippen LogP contribution >= 0.6 is 11.6 Å². The fourth-order valence-electron chi connectivity index (χ4n) is 3.64. The topological polar surface area (TPSA) is 86.8 Å². The Kier molecular flexibility index (Phi) is 9.64. The molecule has 7 nitrogen and oxygen atoms in total. The van der Waals surface area contributed by atoms with E-state index in [1.54, 1.807) is 12.1 Å². The Morgan fingerprint density at radius 3 is 1.97 bits per heavy atom. The second-order valence-electron chi connectivity index (χ2n) is 8.58. The monoisotopic (exact) mass is 527 g/mol. The molecule has 0 radical (unpaired) electrons. The summed E-state index contributed by atoms with van der Waals surface area (Å²) in [4.78, 5) is 28.5. The molecule has 3 aromatic rings. The molecule has 190 valence electrons. The molecule has 0 aliphatic carbocycles. The van der Waals surface area contributed by atoms with E-state index in [-0.39, 0.29) is 32.0 Å². The highest BCUT2D eigenvalue weighted by molar-refractivity contribution is 7.88. The Morgan fingerprint density at radius 1 is 0.861 bits per heavy atom. The molecule has 2 amide bonds. The number of amides is 2. The first kappa shape index (κ1) is 27.4. The van der Waals surface area contributed by atoms with E-state index in [0.29, 0.717) is 5.02 Å². The summed E-state index contributed by atoms with van der Waals surface area (Å²) in [5, 5.41) is 3.53. The normalized spacial score (nSPS) is 12.2. The lowest BCUT2D eigenvalue weighted by atomic mass is 10.0. The van der Waals surface area contributed by atoms with Crippen molar-refractivity contribution in [2.24, 2.45) is 0 Å². The number of sulfonamides is 1. The van der Waals surface area contributed by atoms with E-state index in [9.17, 15) is 18.0 Å². The van der Waals surface area contributed by atoms with Gasteiger partial charge in [0.2, 0.25) is 21.8 Å². The van der Waals surface area contributed by atoms with Crippen LogP contribution in [0, 0.1) is 0 Å². The van der Waals surface area contributed by atoms with Crippen molar-refractivity contribution < 1.29 is 18.0 Å². The molecule has 0 fully saturated rings. The third kappa shape index (κ3) is 8.19. The maximum atomic E-state index is 13.5. The summed E-state index contributed by atoms with van der Waals surface area (Å²) in [5.41, 5.74) is 2.58. The summed E-state index contributed by atoms with van der Waals surface area (Å²) >= 11 is 5.96. The summed E-state index contributed by atoms with van der Waals surface area (Å²) in [6.45, 7) is 0.0441. The van der Waals surface area contributed by atoms with Gasteiger partial charge in [0.05, 0.1) is 12.8 Å². The van der Waals surface area contributed by atoms with Gasteiger partial charge in [0.25, 0.3) is 0 Å². The molecular formula is C27H30ClN3O4S. The predicted molar refractivity (Wildman–Crippen MR) is 142 cm³/mol. The zero-order valence-corrected chi connectivity index (χ0v) is 21.9. The van der Waals surface area contributed by atoms with E-state index in [4.69, 9.17) is 11.6 Å². The molecule has 36 heavy (non-hydrogen) atoms. The van der Waals surface area contributed by atoms with Crippen molar-refractivity contribution in [1.29, 1.82) is 0 Å². The van der Waals surface area contributed by atoms with E-state index >= 15 is 0 Å². The maximum absolute atomic E-state index is 13.5. The summed E-state index contributed by atoms with van der Waals surface area (Å²) < 4.78 is 25.0. The van der Waals surface area contributed by atoms with Crippen molar-refractivity contribution in [3.05, 3.63) is 107 Å². The number of benzene rings is 3. The molecule has 0 unspecified atom stereocenters. The summed E-state index contributed by atoms with van der Waals surface area (Å²) in [6, 6.07) is 25.0. The Balaban J connectivity index is 1.92. The highest BCUT2D eigenvalue weighted by Gasteiger charge is 2.31. The number of hydrogen-bond donors (Lipinski definition) is 1. The van der Waals surface area contributed by atoms with Gasteiger partial charge < -0.3 is 10.2 Å². The molecule has 0 heterocycles. The Bertz CT molecular complexity index is 1250. The molecule has 3 rings (SSSR count). The zero-order chi connectivity index (χ0) is 26.1. The van der Waals surface area contributed by atoms with E-state index in [0.717, 1.165) is 27.3 Å². The van der Waals surface area contributed by atoms with Gasteiger partial charge >= 0.3 is 0 Å². The van der Waals surface area contributed by atoms with Gasteiger partial charge in [-0.15, -0.1) is 0 Å². The number of carbonyl (C=O) groups excluding carboxylic acids is 2. The van der Waals surface area contributed by atoms with Crippen LogP contribution in [0.25, 0.3) is 0 Å². The smallest absolute Gasteiger partial charge is 0.243 e. The standard InChI is InChI=1S/C27H30ClN3O4S/c1-30(36(2,34)35)20-26(32)31(19-23-11-7-4-8-12-23)25(17-21-9-5-3-6-10-21)27(33)29-18-22-13-15-24(28)16-14-22/h3-16,25H,17-20H2,1-2H3,(H,29,33)/t25-/m1/s1. The van der Waals surface area contributed by atoms with Gasteiger partial charge in [-0.2, -0.15) is 4.31 Å². The highest BCUT2D eigenvalue weighted by Crippen LogP contribution is 2.16. The lowest BCUT2D eigenvalue weighted by Gasteiger charge is -2.32. The van der Waals surface area contributed by atoms with Crippen molar-refractivity contribution in [3.8, 4) is 0 Å². The Labute approximate surface area is 217 Å². The van der Waals surface area contributed by atoms with Gasteiger partial charge in [0.15, 0.2) is 0 Å². The van der Waals surface area contributed by atoms with Gasteiger partial charge in [-0.1, -0.05) is 84.4 Å². The number of hydrogen-bond acceptors (Lipinski definition) is 4. The minimum atomic E-state index is -3.58. The first-order valence-corrected chi connectivity index (χ1v) is 13.7. The lowest BCUT2D eigenvalue weighted by Crippen LogP contribution is -2.52. The number of nitrogens with zero attached hydrogens (tertiary/aromatic N) is 2. The Morgan fingerprint density at radius 2 is 1.42 bits per heavy atom. The average Bonchev–Trinajstić information content (AvgIpc) is 2.86. The van der Waals surface area contributed by atoms with Crippen LogP contribution in [0.1, 0.15) is 16.7 Å². The van der Waals surface area contributed by atoms with Crippen LogP contribution in [-0.4, -0.2) is 55.3 Å². The van der Waals surface area contributed by atoms with Gasteiger partial charge in [-0.05, 0) is 28.8 Å². The van der Waals surface area contributed by atoms with E-state index in [1.807, 2.05) is 72.8 Å². The van der Waals surface area contributed by atoms with Crippen LogP contribution in [0.15, 0.2) is 84.9 Å². The molecule has 9 heteroatoms. The minimum Gasteiger partial charge on any atom is -0.350 e. The molecule has 0 bridgehead atoms. The van der Waals surface area contributed by atoms with Crippen molar-refractivity contribution in [3.63, 3.8) is 0 Å². The third-order valence-corrected chi connectivity index (χ3v) is 7.28. The molecule has 0 aromatic heterocycles. The average molecular weight is 528 g/mol. The van der Waals surface area contributed by atoms with Crippen LogP contribution in [0.4, 0.5) is 0 Å². The van der Waals surface area contributed by atoms with Crippen molar-refractivity contribution in [1.82, 2.24) is 14.5 Å². The number of halogens is 1. The summed E-state index contributed by atoms with van der Waals surface area (Å²) in [5.74, 6) is -0.797. The van der Waals surface area contributed by atoms with E-state index < -0.39 is 22.0 Å². The van der Waals surface area contributed by atoms with Crippen LogP contribution < -0.4 is 5.32 Å². The molecule has 3 aromatic carbocycles. The number of rotatable bonds is 11. The van der Waals surface area contributed by atoms with Gasteiger partial charge in [0.1, 0.15) is 6.04 Å². The zero-order valence-electron chi connectivity index (χ0n) is 20.3. The second kappa shape index (κ2) is 12.7. The second-order valence-corrected chi connectivity index (χ2v) is 11.1. The third-order valence-electron chi connectivity index (χ3n) is 5.77. The number of carbonyl (C=O) groups is 2. The fourth-order valence-corrected chi connectivity index (χ4v) is 4.11. The predicted octanol–water partition coefficient (Wildman–Crippen LogP) is 3.49. The molecule has 0 saturated heterocycles. The van der Waals surface area contributed by atoms with E-state index in [1.165, 1.54) is 11.9 Å². The molecular weight excluding hydrogens is 498 g/mol. The van der Waals surface area contributed by atoms with Crippen molar-refractivity contribution >= 4 is 33.4 Å². The summed E-state index contributed by atoms with van der Waals surface area (Å²) in [6.07, 6.45) is 1.32. The van der Waals surface area contributed by atoms with E-state index in [2.05, 4.69) is 5.32 Å². The molecule has 0 saturated carbocycles. The highest BCUT2D eigenvalue weighted by atomic mass is 35.5. The van der Waals surface area contributed by atoms with Gasteiger partial charge in [-0.25, -0.2) is 8.42 Å². The first-order chi connectivity index (χ1) is 17.1. The molecule has 1 atom stereocenters. The minimum absolute atomic E-state index is 0.156. The quantitative estimate of drug-likeness (QED) is 0.413. The van der Waals surface area contributed by atoms with Crippen LogP contribution in [0.3, 0.4) is 0 Å².